The topological polar surface area (TPSA) is 78.7 Å². The Labute approximate surface area is 116 Å². The van der Waals surface area contributed by atoms with Crippen LogP contribution in [0.2, 0.25) is 0 Å². The van der Waals surface area contributed by atoms with Crippen LogP contribution < -0.4 is 9.47 Å². The monoisotopic (exact) mass is 279 g/mol. The summed E-state index contributed by atoms with van der Waals surface area (Å²) in [6.45, 7) is 1.29. The van der Waals surface area contributed by atoms with Crippen LogP contribution >= 0.6 is 0 Å². The minimum Gasteiger partial charge on any atom is -0.493 e. The molecule has 1 aromatic rings. The summed E-state index contributed by atoms with van der Waals surface area (Å²) in [7, 11) is 1.45. The standard InChI is InChI=1S/C14H17NO5/c1-9(16)11-7-13(19-2)14(8-12(11)15(17)18)20-10-5-3-4-6-10/h7-8,10H,3-6H2,1-2H3. The van der Waals surface area contributed by atoms with Crippen LogP contribution in [0, 0.1) is 10.1 Å². The average molecular weight is 279 g/mol. The normalized spacial score (nSPS) is 15.1. The molecule has 0 amide bonds. The van der Waals surface area contributed by atoms with Crippen LogP contribution in [-0.4, -0.2) is 23.9 Å². The minimum absolute atomic E-state index is 0.0330. The number of carbonyl (C=O) groups is 1. The van der Waals surface area contributed by atoms with E-state index in [9.17, 15) is 14.9 Å². The first-order chi connectivity index (χ1) is 9.52. The van der Waals surface area contributed by atoms with Crippen LogP contribution in [0.15, 0.2) is 12.1 Å². The number of carbonyl (C=O) groups excluding carboxylic acids is 1. The van der Waals surface area contributed by atoms with Gasteiger partial charge in [0.15, 0.2) is 17.3 Å². The molecule has 0 saturated heterocycles. The van der Waals surface area contributed by atoms with Crippen LogP contribution in [0.5, 0.6) is 11.5 Å². The van der Waals surface area contributed by atoms with Crippen molar-refractivity contribution in [2.75, 3.05) is 7.11 Å². The zero-order valence-electron chi connectivity index (χ0n) is 11.5. The summed E-state index contributed by atoms with van der Waals surface area (Å²) >= 11 is 0. The number of ketones is 1. The van der Waals surface area contributed by atoms with Gasteiger partial charge in [-0.1, -0.05) is 0 Å². The van der Waals surface area contributed by atoms with Crippen LogP contribution in [-0.2, 0) is 0 Å². The van der Waals surface area contributed by atoms with Crippen molar-refractivity contribution >= 4 is 11.5 Å². The molecule has 1 aromatic carbocycles. The average Bonchev–Trinajstić information content (AvgIpc) is 2.90. The van der Waals surface area contributed by atoms with Gasteiger partial charge < -0.3 is 9.47 Å². The second kappa shape index (κ2) is 5.90. The molecule has 0 bridgehead atoms. The highest BCUT2D eigenvalue weighted by atomic mass is 16.6. The number of ether oxygens (including phenoxy) is 2. The zero-order valence-corrected chi connectivity index (χ0v) is 11.5. The zero-order chi connectivity index (χ0) is 14.7. The maximum absolute atomic E-state index is 11.5. The molecule has 0 spiro atoms. The summed E-state index contributed by atoms with van der Waals surface area (Å²) in [5.74, 6) is 0.311. The van der Waals surface area contributed by atoms with Gasteiger partial charge in [-0.3, -0.25) is 14.9 Å². The molecule has 0 aliphatic heterocycles. The number of nitro groups is 1. The van der Waals surface area contributed by atoms with E-state index in [-0.39, 0.29) is 23.1 Å². The maximum atomic E-state index is 11.5. The Kier molecular flexibility index (Phi) is 4.22. The third kappa shape index (κ3) is 2.89. The molecule has 20 heavy (non-hydrogen) atoms. The van der Waals surface area contributed by atoms with Crippen LogP contribution in [0.1, 0.15) is 43.0 Å². The Morgan fingerprint density at radius 2 is 1.95 bits per heavy atom. The SMILES string of the molecule is COc1cc(C(C)=O)c([N+](=O)[O-])cc1OC1CCCC1. The van der Waals surface area contributed by atoms with E-state index in [4.69, 9.17) is 9.47 Å². The molecule has 0 aromatic heterocycles. The van der Waals surface area contributed by atoms with Crippen LogP contribution in [0.25, 0.3) is 0 Å². The predicted molar refractivity (Wildman–Crippen MR) is 72.5 cm³/mol. The first-order valence-electron chi connectivity index (χ1n) is 6.57. The Bertz CT molecular complexity index is 535. The second-order valence-electron chi connectivity index (χ2n) is 4.86. The molecule has 0 N–H and O–H groups in total. The summed E-state index contributed by atoms with van der Waals surface area (Å²) < 4.78 is 11.0. The Morgan fingerprint density at radius 1 is 1.30 bits per heavy atom. The number of nitro benzene ring substituents is 1. The van der Waals surface area contributed by atoms with Gasteiger partial charge >= 0.3 is 0 Å². The van der Waals surface area contributed by atoms with Gasteiger partial charge in [-0.25, -0.2) is 0 Å². The van der Waals surface area contributed by atoms with E-state index in [1.54, 1.807) is 0 Å². The number of rotatable bonds is 5. The van der Waals surface area contributed by atoms with Gasteiger partial charge in [0.25, 0.3) is 5.69 Å². The van der Waals surface area contributed by atoms with E-state index in [1.807, 2.05) is 0 Å². The van der Waals surface area contributed by atoms with Crippen molar-refractivity contribution in [3.8, 4) is 11.5 Å². The number of nitrogens with zero attached hydrogens (tertiary/aromatic N) is 1. The molecule has 0 radical (unpaired) electrons. The molecule has 0 atom stereocenters. The van der Waals surface area contributed by atoms with E-state index in [1.165, 1.54) is 26.2 Å². The lowest BCUT2D eigenvalue weighted by atomic mass is 10.1. The van der Waals surface area contributed by atoms with E-state index in [2.05, 4.69) is 0 Å². The number of methoxy groups -OCH3 is 1. The smallest absolute Gasteiger partial charge is 0.284 e. The van der Waals surface area contributed by atoms with E-state index >= 15 is 0 Å². The van der Waals surface area contributed by atoms with Crippen LogP contribution in [0.4, 0.5) is 5.69 Å². The lowest BCUT2D eigenvalue weighted by molar-refractivity contribution is -0.385. The molecule has 108 valence electrons. The van der Waals surface area contributed by atoms with Crippen molar-refractivity contribution in [3.05, 3.63) is 27.8 Å². The molecule has 1 fully saturated rings. The Morgan fingerprint density at radius 3 is 2.45 bits per heavy atom. The Balaban J connectivity index is 2.41. The fraction of sp³-hybridized carbons (Fsp3) is 0.500. The summed E-state index contributed by atoms with van der Waals surface area (Å²) in [6, 6.07) is 2.67. The molecule has 6 nitrogen and oxygen atoms in total. The number of benzene rings is 1. The maximum Gasteiger partial charge on any atom is 0.284 e. The van der Waals surface area contributed by atoms with Gasteiger partial charge in [0.1, 0.15) is 0 Å². The summed E-state index contributed by atoms with van der Waals surface area (Å²) in [4.78, 5) is 22.0. The summed E-state index contributed by atoms with van der Waals surface area (Å²) in [6.07, 6.45) is 4.13. The number of hydrogen-bond acceptors (Lipinski definition) is 5. The van der Waals surface area contributed by atoms with Crippen molar-refractivity contribution in [2.45, 2.75) is 38.7 Å². The van der Waals surface area contributed by atoms with Gasteiger partial charge in [-0.2, -0.15) is 0 Å². The van der Waals surface area contributed by atoms with Crippen LogP contribution in [0.3, 0.4) is 0 Å². The van der Waals surface area contributed by atoms with Gasteiger partial charge in [-0.05, 0) is 32.6 Å². The van der Waals surface area contributed by atoms with Gasteiger partial charge in [-0.15, -0.1) is 0 Å². The van der Waals surface area contributed by atoms with E-state index < -0.39 is 4.92 Å². The van der Waals surface area contributed by atoms with Crippen molar-refractivity contribution < 1.29 is 19.2 Å². The first kappa shape index (κ1) is 14.3. The molecule has 0 heterocycles. The number of hydrogen-bond donors (Lipinski definition) is 0. The highest BCUT2D eigenvalue weighted by molar-refractivity contribution is 5.98. The van der Waals surface area contributed by atoms with E-state index in [0.29, 0.717) is 11.5 Å². The van der Waals surface area contributed by atoms with E-state index in [0.717, 1.165) is 25.7 Å². The molecule has 2 rings (SSSR count). The van der Waals surface area contributed by atoms with Gasteiger partial charge in [0.05, 0.1) is 29.8 Å². The highest BCUT2D eigenvalue weighted by Gasteiger charge is 2.25. The van der Waals surface area contributed by atoms with Crippen molar-refractivity contribution in [2.24, 2.45) is 0 Å². The molecule has 1 saturated carbocycles. The fourth-order valence-electron chi connectivity index (χ4n) is 2.42. The highest BCUT2D eigenvalue weighted by Crippen LogP contribution is 2.37. The summed E-state index contributed by atoms with van der Waals surface area (Å²) in [5.41, 5.74) is -0.211. The molecule has 1 aliphatic rings. The predicted octanol–water partition coefficient (Wildman–Crippen LogP) is 3.13. The third-order valence-electron chi connectivity index (χ3n) is 3.45. The van der Waals surface area contributed by atoms with Gasteiger partial charge in [0, 0.05) is 6.07 Å². The minimum atomic E-state index is -0.572. The molecule has 6 heteroatoms. The lowest BCUT2D eigenvalue weighted by Crippen LogP contribution is -2.12. The molecular formula is C14H17NO5. The lowest BCUT2D eigenvalue weighted by Gasteiger charge is -2.16. The summed E-state index contributed by atoms with van der Waals surface area (Å²) in [5, 5.41) is 11.1. The quantitative estimate of drug-likeness (QED) is 0.470. The molecule has 0 unspecified atom stereocenters. The van der Waals surface area contributed by atoms with Crippen molar-refractivity contribution in [3.63, 3.8) is 0 Å². The Hall–Kier alpha value is -2.11. The first-order valence-corrected chi connectivity index (χ1v) is 6.57. The fourth-order valence-corrected chi connectivity index (χ4v) is 2.42. The van der Waals surface area contributed by atoms with Gasteiger partial charge in [0.2, 0.25) is 0 Å². The molecule has 1 aliphatic carbocycles. The number of Topliss-reactive ketones (excluding diaryl/α,β-unsaturated/α-hetero) is 1. The largest absolute Gasteiger partial charge is 0.493 e. The van der Waals surface area contributed by atoms with Crippen molar-refractivity contribution in [1.29, 1.82) is 0 Å². The third-order valence-corrected chi connectivity index (χ3v) is 3.45. The van der Waals surface area contributed by atoms with Crippen molar-refractivity contribution in [1.82, 2.24) is 0 Å². The second-order valence-corrected chi connectivity index (χ2v) is 4.86. The molecular weight excluding hydrogens is 262 g/mol.